The van der Waals surface area contributed by atoms with Gasteiger partial charge in [0.15, 0.2) is 6.10 Å². The highest BCUT2D eigenvalue weighted by Gasteiger charge is 2.22. The van der Waals surface area contributed by atoms with Crippen molar-refractivity contribution in [1.82, 2.24) is 0 Å². The fourth-order valence-electron chi connectivity index (χ4n) is 9.57. The fourth-order valence-corrected chi connectivity index (χ4v) is 10.3. The van der Waals surface area contributed by atoms with Crippen molar-refractivity contribution in [2.75, 3.05) is 47.5 Å². The molecule has 2 atom stereocenters. The average molecular weight is 1090 g/mol. The van der Waals surface area contributed by atoms with Gasteiger partial charge in [-0.15, -0.1) is 0 Å². The molecular weight excluding hydrogens is 966 g/mol. The number of hydrogen-bond donors (Lipinski definition) is 0. The van der Waals surface area contributed by atoms with Gasteiger partial charge < -0.3 is 27.9 Å². The molecule has 0 aromatic rings. The van der Waals surface area contributed by atoms with E-state index in [0.29, 0.717) is 17.4 Å². The van der Waals surface area contributed by atoms with Gasteiger partial charge in [0.25, 0.3) is 7.82 Å². The van der Waals surface area contributed by atoms with E-state index in [1.54, 1.807) is 0 Å². The zero-order valence-corrected chi connectivity index (χ0v) is 51.9. The molecule has 0 saturated carbocycles. The third-order valence-corrected chi connectivity index (χ3v) is 15.6. The van der Waals surface area contributed by atoms with Crippen LogP contribution in [0.1, 0.15) is 322 Å². The van der Waals surface area contributed by atoms with E-state index < -0.39 is 26.5 Å². The van der Waals surface area contributed by atoms with Gasteiger partial charge in [-0.05, 0) is 70.6 Å². The number of phosphoric acid groups is 1. The Morgan fingerprint density at radius 1 is 0.408 bits per heavy atom. The van der Waals surface area contributed by atoms with Gasteiger partial charge in [0.2, 0.25) is 0 Å². The summed E-state index contributed by atoms with van der Waals surface area (Å²) in [7, 11) is 1.18. The maximum Gasteiger partial charge on any atom is 0.306 e. The number of hydrogen-bond acceptors (Lipinski definition) is 8. The molecule has 0 aliphatic carbocycles. The number of carbonyl (C=O) groups excluding carboxylic acids is 2. The van der Waals surface area contributed by atoms with E-state index >= 15 is 0 Å². The molecule has 0 aliphatic rings. The van der Waals surface area contributed by atoms with Crippen molar-refractivity contribution in [2.45, 2.75) is 328 Å². The summed E-state index contributed by atoms with van der Waals surface area (Å²) in [4.78, 5) is 37.9. The second kappa shape index (κ2) is 57.9. The summed E-state index contributed by atoms with van der Waals surface area (Å²) in [5.74, 6) is -0.822. The van der Waals surface area contributed by atoms with Gasteiger partial charge in [-0.25, -0.2) is 0 Å². The lowest BCUT2D eigenvalue weighted by atomic mass is 10.0. The lowest BCUT2D eigenvalue weighted by molar-refractivity contribution is -0.870. The zero-order valence-electron chi connectivity index (χ0n) is 51.0. The Morgan fingerprint density at radius 2 is 0.711 bits per heavy atom. The summed E-state index contributed by atoms with van der Waals surface area (Å²) in [6, 6.07) is 0. The van der Waals surface area contributed by atoms with Crippen LogP contribution in [0, 0.1) is 0 Å². The lowest BCUT2D eigenvalue weighted by Gasteiger charge is -2.28. The quantitative estimate of drug-likeness (QED) is 0.0195. The SMILES string of the molecule is CCCCCCC/C=C\C/C=C\CCCCCCCCCCCCCCCCCCCCCCCCCC(=O)OC(COC(=O)CCCCCCCCC/C=C\CCCCCCCC)COP(=O)([O-])OCC[N+](C)(C)C. The Kier molecular flexibility index (Phi) is 56.6. The van der Waals surface area contributed by atoms with E-state index in [4.69, 9.17) is 18.5 Å². The van der Waals surface area contributed by atoms with Crippen LogP contribution in [0.15, 0.2) is 36.5 Å². The molecule has 0 radical (unpaired) electrons. The first-order chi connectivity index (χ1) is 37.0. The molecule has 0 amide bonds. The third kappa shape index (κ3) is 61.4. The van der Waals surface area contributed by atoms with Crippen molar-refractivity contribution in [3.63, 3.8) is 0 Å². The number of nitrogens with zero attached hydrogens (tertiary/aromatic N) is 1. The van der Waals surface area contributed by atoms with Gasteiger partial charge in [0.1, 0.15) is 19.8 Å². The minimum absolute atomic E-state index is 0.0292. The number of unbranched alkanes of at least 4 members (excludes halogenated alkanes) is 41. The molecule has 76 heavy (non-hydrogen) atoms. The molecular formula is C66H126NO8P. The first-order valence-corrected chi connectivity index (χ1v) is 34.2. The van der Waals surface area contributed by atoms with Gasteiger partial charge >= 0.3 is 11.9 Å². The molecule has 0 rings (SSSR count). The highest BCUT2D eigenvalue weighted by Crippen LogP contribution is 2.38. The first-order valence-electron chi connectivity index (χ1n) is 32.7. The van der Waals surface area contributed by atoms with E-state index in [1.165, 1.54) is 238 Å². The van der Waals surface area contributed by atoms with Crippen molar-refractivity contribution in [3.8, 4) is 0 Å². The summed E-state index contributed by atoms with van der Waals surface area (Å²) < 4.78 is 34.2. The molecule has 0 heterocycles. The average Bonchev–Trinajstić information content (AvgIpc) is 3.38. The summed E-state index contributed by atoms with van der Waals surface area (Å²) in [6.45, 7) is 4.27. The molecule has 9 nitrogen and oxygen atoms in total. The molecule has 0 saturated heterocycles. The molecule has 448 valence electrons. The van der Waals surface area contributed by atoms with Gasteiger partial charge in [-0.3, -0.25) is 14.2 Å². The Balaban J connectivity index is 3.96. The zero-order chi connectivity index (χ0) is 55.6. The maximum atomic E-state index is 12.8. The number of quaternary nitrogens is 1. The predicted molar refractivity (Wildman–Crippen MR) is 324 cm³/mol. The number of carbonyl (C=O) groups is 2. The number of rotatable bonds is 61. The van der Waals surface area contributed by atoms with Crippen molar-refractivity contribution in [3.05, 3.63) is 36.5 Å². The summed E-state index contributed by atoms with van der Waals surface area (Å²) in [5, 5.41) is 0. The van der Waals surface area contributed by atoms with E-state index in [1.807, 2.05) is 21.1 Å². The number of ether oxygens (including phenoxy) is 2. The molecule has 0 aliphatic heterocycles. The van der Waals surface area contributed by atoms with Crippen molar-refractivity contribution < 1.29 is 42.1 Å². The van der Waals surface area contributed by atoms with E-state index in [0.717, 1.165) is 51.4 Å². The number of likely N-dealkylation sites (N-methyl/N-ethyl adjacent to an activating group) is 1. The van der Waals surface area contributed by atoms with Gasteiger partial charge in [-0.1, -0.05) is 275 Å². The molecule has 10 heteroatoms. The Bertz CT molecular complexity index is 1380. The monoisotopic (exact) mass is 1090 g/mol. The molecule has 0 spiro atoms. The van der Waals surface area contributed by atoms with Crippen LogP contribution in [0.2, 0.25) is 0 Å². The molecule has 0 aromatic carbocycles. The summed E-state index contributed by atoms with van der Waals surface area (Å²) in [5.41, 5.74) is 0. The van der Waals surface area contributed by atoms with Crippen LogP contribution in [0.25, 0.3) is 0 Å². The highest BCUT2D eigenvalue weighted by atomic mass is 31.2. The van der Waals surface area contributed by atoms with E-state index in [9.17, 15) is 19.0 Å². The van der Waals surface area contributed by atoms with Crippen LogP contribution in [-0.4, -0.2) is 70.0 Å². The van der Waals surface area contributed by atoms with Gasteiger partial charge in [0, 0.05) is 12.8 Å². The minimum atomic E-state index is -4.63. The summed E-state index contributed by atoms with van der Waals surface area (Å²) >= 11 is 0. The molecule has 2 unspecified atom stereocenters. The van der Waals surface area contributed by atoms with Crippen LogP contribution in [0.4, 0.5) is 0 Å². The van der Waals surface area contributed by atoms with Crippen molar-refractivity contribution >= 4 is 19.8 Å². The van der Waals surface area contributed by atoms with Crippen LogP contribution >= 0.6 is 7.82 Å². The number of esters is 2. The van der Waals surface area contributed by atoms with Crippen LogP contribution in [-0.2, 0) is 32.7 Å². The smallest absolute Gasteiger partial charge is 0.306 e. The third-order valence-electron chi connectivity index (χ3n) is 14.6. The van der Waals surface area contributed by atoms with E-state index in [2.05, 4.69) is 50.3 Å². The fraction of sp³-hybridized carbons (Fsp3) is 0.879. The van der Waals surface area contributed by atoms with Crippen molar-refractivity contribution in [1.29, 1.82) is 0 Å². The Hall–Kier alpha value is -1.77. The molecule has 0 fully saturated rings. The topological polar surface area (TPSA) is 111 Å². The molecule has 0 bridgehead atoms. The molecule has 0 aromatic heterocycles. The largest absolute Gasteiger partial charge is 0.756 e. The van der Waals surface area contributed by atoms with Gasteiger partial charge in [0.05, 0.1) is 27.7 Å². The lowest BCUT2D eigenvalue weighted by Crippen LogP contribution is -2.37. The first kappa shape index (κ1) is 74.2. The van der Waals surface area contributed by atoms with Crippen LogP contribution < -0.4 is 4.89 Å². The standard InChI is InChI=1S/C66H126NO8P/c1-6-8-10-12-14-16-18-20-22-24-25-26-27-28-29-30-31-32-33-34-35-36-37-38-39-40-41-43-45-47-49-51-53-55-57-59-66(69)75-64(63-74-76(70,71)73-61-60-67(3,4)5)62-72-65(68)58-56-54-52-50-48-46-44-42-23-21-19-17-15-13-11-9-7-2/h18,20-21,23-25,64H,6-17,19,22,26-63H2,1-5H3/b20-18-,23-21-,25-24-. The second-order valence-corrected chi connectivity index (χ2v) is 24.9. The highest BCUT2D eigenvalue weighted by molar-refractivity contribution is 7.45. The Morgan fingerprint density at radius 3 is 1.05 bits per heavy atom. The molecule has 0 N–H and O–H groups in total. The van der Waals surface area contributed by atoms with Gasteiger partial charge in [-0.2, -0.15) is 0 Å². The van der Waals surface area contributed by atoms with E-state index in [-0.39, 0.29) is 32.0 Å². The van der Waals surface area contributed by atoms with Crippen LogP contribution in [0.3, 0.4) is 0 Å². The van der Waals surface area contributed by atoms with Crippen molar-refractivity contribution in [2.24, 2.45) is 0 Å². The normalized spacial score (nSPS) is 13.4. The minimum Gasteiger partial charge on any atom is -0.756 e. The maximum absolute atomic E-state index is 12.8. The predicted octanol–water partition coefficient (Wildman–Crippen LogP) is 20.1. The number of allylic oxidation sites excluding steroid dienone is 6. The number of phosphoric ester groups is 1. The Labute approximate surface area is 471 Å². The van der Waals surface area contributed by atoms with Crippen LogP contribution in [0.5, 0.6) is 0 Å². The second-order valence-electron chi connectivity index (χ2n) is 23.5. The summed E-state index contributed by atoms with van der Waals surface area (Å²) in [6.07, 6.45) is 72.2.